The summed E-state index contributed by atoms with van der Waals surface area (Å²) in [7, 11) is 0. The molecule has 2 N–H and O–H groups in total. The van der Waals surface area contributed by atoms with Crippen molar-refractivity contribution in [2.75, 3.05) is 6.61 Å². The third-order valence-electron chi connectivity index (χ3n) is 5.24. The third-order valence-corrected chi connectivity index (χ3v) is 5.24. The summed E-state index contributed by atoms with van der Waals surface area (Å²) in [4.78, 5) is 4.53. The number of halogens is 4. The highest BCUT2D eigenvalue weighted by Crippen LogP contribution is 2.38. The second kappa shape index (κ2) is 13.0. The Morgan fingerprint density at radius 3 is 1.89 bits per heavy atom. The van der Waals surface area contributed by atoms with Crippen LogP contribution in [-0.2, 0) is 19.8 Å². The van der Waals surface area contributed by atoms with Gasteiger partial charge in [0.2, 0.25) is 11.8 Å². The van der Waals surface area contributed by atoms with Crippen molar-refractivity contribution in [2.45, 2.75) is 25.9 Å². The van der Waals surface area contributed by atoms with Gasteiger partial charge in [0.1, 0.15) is 19.0 Å². The monoisotopic (exact) mass is 530 g/mol. The van der Waals surface area contributed by atoms with Gasteiger partial charge in [-0.1, -0.05) is 66.7 Å². The first-order valence-electron chi connectivity index (χ1n) is 11.3. The van der Waals surface area contributed by atoms with E-state index in [4.69, 9.17) is 19.9 Å². The predicted molar refractivity (Wildman–Crippen MR) is 138 cm³/mol. The van der Waals surface area contributed by atoms with Crippen LogP contribution >= 0.6 is 12.4 Å². The van der Waals surface area contributed by atoms with E-state index < -0.39 is 12.8 Å². The summed E-state index contributed by atoms with van der Waals surface area (Å²) in [5.41, 5.74) is 9.25. The fraction of sp³-hybridized carbons (Fsp3) is 0.179. The molecule has 0 aliphatic heterocycles. The predicted octanol–water partition coefficient (Wildman–Crippen LogP) is 6.73. The van der Waals surface area contributed by atoms with E-state index in [1.165, 1.54) is 6.07 Å². The minimum atomic E-state index is -4.48. The highest BCUT2D eigenvalue weighted by molar-refractivity contribution is 5.85. The van der Waals surface area contributed by atoms with E-state index in [1.807, 2.05) is 60.7 Å². The number of pyridine rings is 1. The zero-order valence-corrected chi connectivity index (χ0v) is 20.6. The second-order valence-corrected chi connectivity index (χ2v) is 7.99. The molecule has 37 heavy (non-hydrogen) atoms. The molecule has 0 saturated carbocycles. The Bertz CT molecular complexity index is 1270. The van der Waals surface area contributed by atoms with Crippen LogP contribution < -0.4 is 19.9 Å². The van der Waals surface area contributed by atoms with Gasteiger partial charge in [0.15, 0.2) is 6.61 Å². The number of hydrogen-bond donors (Lipinski definition) is 1. The van der Waals surface area contributed by atoms with Gasteiger partial charge in [-0.25, -0.2) is 0 Å². The number of nitrogens with zero attached hydrogens (tertiary/aromatic N) is 1. The minimum absolute atomic E-state index is 0. The molecule has 0 amide bonds. The van der Waals surface area contributed by atoms with Crippen LogP contribution in [0.1, 0.15) is 16.7 Å². The van der Waals surface area contributed by atoms with E-state index in [0.29, 0.717) is 23.6 Å². The Balaban J connectivity index is 0.00000380. The molecule has 0 unspecified atom stereocenters. The minimum Gasteiger partial charge on any atom is -0.483 e. The van der Waals surface area contributed by atoms with E-state index >= 15 is 0 Å². The van der Waals surface area contributed by atoms with Crippen LogP contribution in [0.15, 0.2) is 91.0 Å². The normalized spacial score (nSPS) is 10.9. The lowest BCUT2D eigenvalue weighted by Gasteiger charge is -2.17. The van der Waals surface area contributed by atoms with Gasteiger partial charge in [-0.3, -0.25) is 0 Å². The smallest absolute Gasteiger partial charge is 0.422 e. The lowest BCUT2D eigenvalue weighted by Crippen LogP contribution is -2.19. The highest BCUT2D eigenvalue weighted by Gasteiger charge is 2.29. The molecule has 3 aromatic carbocycles. The van der Waals surface area contributed by atoms with Gasteiger partial charge in [0, 0.05) is 23.7 Å². The fourth-order valence-electron chi connectivity index (χ4n) is 3.48. The first-order valence-corrected chi connectivity index (χ1v) is 11.3. The van der Waals surface area contributed by atoms with Crippen LogP contribution in [-0.4, -0.2) is 17.8 Å². The molecular weight excluding hydrogens is 505 g/mol. The summed E-state index contributed by atoms with van der Waals surface area (Å²) in [6, 6.07) is 27.2. The van der Waals surface area contributed by atoms with Gasteiger partial charge in [0.05, 0.1) is 0 Å². The number of alkyl halides is 3. The zero-order chi connectivity index (χ0) is 25.4. The van der Waals surface area contributed by atoms with E-state index in [-0.39, 0.29) is 37.2 Å². The van der Waals surface area contributed by atoms with Crippen LogP contribution in [0.5, 0.6) is 17.5 Å². The number of aromatic nitrogens is 1. The van der Waals surface area contributed by atoms with E-state index in [2.05, 4.69) is 4.98 Å². The summed E-state index contributed by atoms with van der Waals surface area (Å²) in [5.74, 6) is 0.572. The lowest BCUT2D eigenvalue weighted by atomic mass is 10.0. The van der Waals surface area contributed by atoms with Crippen molar-refractivity contribution in [3.05, 3.63) is 108 Å². The average Bonchev–Trinajstić information content (AvgIpc) is 2.90. The van der Waals surface area contributed by atoms with Gasteiger partial charge < -0.3 is 19.9 Å². The Labute approximate surface area is 219 Å². The molecule has 0 aliphatic rings. The maximum Gasteiger partial charge on any atom is 0.422 e. The first-order chi connectivity index (χ1) is 17.4. The Morgan fingerprint density at radius 1 is 0.676 bits per heavy atom. The van der Waals surface area contributed by atoms with Crippen LogP contribution in [0.4, 0.5) is 13.2 Å². The largest absolute Gasteiger partial charge is 0.483 e. The Kier molecular flexibility index (Phi) is 9.77. The van der Waals surface area contributed by atoms with Gasteiger partial charge in [-0.2, -0.15) is 18.2 Å². The average molecular weight is 531 g/mol. The lowest BCUT2D eigenvalue weighted by molar-refractivity contribution is -0.153. The molecule has 4 rings (SSSR count). The molecular formula is C28H26ClF3N2O3. The maximum atomic E-state index is 12.9. The summed E-state index contributed by atoms with van der Waals surface area (Å²) in [5, 5.41) is 0. The van der Waals surface area contributed by atoms with Crippen molar-refractivity contribution in [3.63, 3.8) is 0 Å². The van der Waals surface area contributed by atoms with Crippen LogP contribution in [0.2, 0.25) is 0 Å². The fourth-order valence-corrected chi connectivity index (χ4v) is 3.48. The molecule has 1 aromatic heterocycles. The Hall–Kier alpha value is -3.75. The van der Waals surface area contributed by atoms with Crippen molar-refractivity contribution >= 4 is 12.4 Å². The van der Waals surface area contributed by atoms with Crippen molar-refractivity contribution in [1.82, 2.24) is 4.98 Å². The molecule has 1 heterocycles. The first kappa shape index (κ1) is 27.8. The molecule has 0 aliphatic carbocycles. The summed E-state index contributed by atoms with van der Waals surface area (Å²) in [6.45, 7) is -0.710. The van der Waals surface area contributed by atoms with Crippen molar-refractivity contribution in [2.24, 2.45) is 5.73 Å². The summed E-state index contributed by atoms with van der Waals surface area (Å²) in [6.07, 6.45) is -4.48. The molecule has 0 spiro atoms. The summed E-state index contributed by atoms with van der Waals surface area (Å²) >= 11 is 0. The highest BCUT2D eigenvalue weighted by atomic mass is 35.5. The second-order valence-electron chi connectivity index (χ2n) is 7.99. The van der Waals surface area contributed by atoms with Crippen LogP contribution in [0.3, 0.4) is 0 Å². The molecule has 194 valence electrons. The number of ether oxygens (including phenoxy) is 3. The van der Waals surface area contributed by atoms with Gasteiger partial charge in [-0.05, 0) is 34.9 Å². The molecule has 0 saturated heterocycles. The van der Waals surface area contributed by atoms with E-state index in [1.54, 1.807) is 24.3 Å². The number of nitrogens with two attached hydrogens (primary N) is 1. The number of hydrogen-bond acceptors (Lipinski definition) is 5. The van der Waals surface area contributed by atoms with E-state index in [9.17, 15) is 13.2 Å². The van der Waals surface area contributed by atoms with Crippen LogP contribution in [0, 0.1) is 0 Å². The molecule has 0 atom stereocenters. The van der Waals surface area contributed by atoms with Crippen molar-refractivity contribution < 1.29 is 27.4 Å². The SMILES string of the molecule is Cl.NCc1ccc(OCC(F)(F)F)c(-c2ccc(OCc3ccccc3)nc2OCc2ccccc2)c1. The number of rotatable bonds is 10. The zero-order valence-electron chi connectivity index (χ0n) is 19.8. The molecule has 9 heteroatoms. The topological polar surface area (TPSA) is 66.6 Å². The Morgan fingerprint density at radius 2 is 1.30 bits per heavy atom. The summed E-state index contributed by atoms with van der Waals surface area (Å²) < 4.78 is 55.7. The quantitative estimate of drug-likeness (QED) is 0.246. The molecule has 5 nitrogen and oxygen atoms in total. The van der Waals surface area contributed by atoms with Gasteiger partial charge in [0.25, 0.3) is 0 Å². The third kappa shape index (κ3) is 8.13. The maximum absolute atomic E-state index is 12.9. The molecule has 4 aromatic rings. The van der Waals surface area contributed by atoms with Crippen LogP contribution in [0.25, 0.3) is 11.1 Å². The van der Waals surface area contributed by atoms with Crippen molar-refractivity contribution in [3.8, 4) is 28.6 Å². The molecule has 0 fully saturated rings. The molecule has 0 radical (unpaired) electrons. The van der Waals surface area contributed by atoms with E-state index in [0.717, 1.165) is 16.7 Å². The van der Waals surface area contributed by atoms with Gasteiger partial charge >= 0.3 is 6.18 Å². The molecule has 0 bridgehead atoms. The van der Waals surface area contributed by atoms with Crippen molar-refractivity contribution in [1.29, 1.82) is 0 Å². The standard InChI is InChI=1S/C28H25F3N2O3.ClH/c29-28(30,31)19-36-25-13-11-22(16-32)15-24(25)23-12-14-26(34-17-20-7-3-1-4-8-20)33-27(23)35-18-21-9-5-2-6-10-21;/h1-15H,16-19,32H2;1H. The number of benzene rings is 3. The van der Waals surface area contributed by atoms with Gasteiger partial charge in [-0.15, -0.1) is 12.4 Å².